The summed E-state index contributed by atoms with van der Waals surface area (Å²) in [6, 6.07) is 2.23. The van der Waals surface area contributed by atoms with Gasteiger partial charge in [-0.1, -0.05) is 0 Å². The second kappa shape index (κ2) is 7.01. The third-order valence-electron chi connectivity index (χ3n) is 2.36. The lowest BCUT2D eigenvalue weighted by atomic mass is 10.3. The number of halogens is 2. The molecule has 1 unspecified atom stereocenters. The smallest absolute Gasteiger partial charge is 0.321 e. The van der Waals surface area contributed by atoms with E-state index in [4.69, 9.17) is 4.74 Å². The summed E-state index contributed by atoms with van der Waals surface area (Å²) in [6.07, 6.45) is -0.834. The summed E-state index contributed by atoms with van der Waals surface area (Å²) in [5, 5.41) is 11.7. The van der Waals surface area contributed by atoms with Crippen molar-refractivity contribution in [2.75, 3.05) is 32.6 Å². The summed E-state index contributed by atoms with van der Waals surface area (Å²) >= 11 is 0. The van der Waals surface area contributed by atoms with Crippen LogP contribution in [0.4, 0.5) is 19.3 Å². The number of amides is 2. The predicted octanol–water partition coefficient (Wildman–Crippen LogP) is 1.44. The molecule has 0 aliphatic rings. The molecule has 19 heavy (non-hydrogen) atoms. The molecule has 0 aliphatic carbocycles. The molecule has 0 fully saturated rings. The Labute approximate surface area is 109 Å². The van der Waals surface area contributed by atoms with Gasteiger partial charge in [0.1, 0.15) is 11.6 Å². The van der Waals surface area contributed by atoms with Crippen LogP contribution < -0.4 is 5.32 Å². The summed E-state index contributed by atoms with van der Waals surface area (Å²) < 4.78 is 30.7. The Morgan fingerprint density at radius 1 is 1.53 bits per heavy atom. The van der Waals surface area contributed by atoms with Crippen molar-refractivity contribution >= 4 is 11.7 Å². The molecule has 0 spiro atoms. The fraction of sp³-hybridized carbons (Fsp3) is 0.417. The molecule has 0 saturated carbocycles. The molecule has 1 aromatic carbocycles. The van der Waals surface area contributed by atoms with E-state index in [0.717, 1.165) is 12.1 Å². The number of carbonyl (C=O) groups is 1. The van der Waals surface area contributed by atoms with Gasteiger partial charge < -0.3 is 20.1 Å². The number of methoxy groups -OCH3 is 1. The number of aliphatic hydroxyl groups excluding tert-OH is 1. The number of hydrogen-bond donors (Lipinski definition) is 2. The molecule has 0 bridgehead atoms. The van der Waals surface area contributed by atoms with Gasteiger partial charge in [-0.3, -0.25) is 0 Å². The number of rotatable bonds is 5. The lowest BCUT2D eigenvalue weighted by molar-refractivity contribution is 0.0501. The lowest BCUT2D eigenvalue weighted by Gasteiger charge is -2.21. The highest BCUT2D eigenvalue weighted by molar-refractivity contribution is 5.89. The largest absolute Gasteiger partial charge is 0.389 e. The van der Waals surface area contributed by atoms with Gasteiger partial charge in [-0.15, -0.1) is 0 Å². The van der Waals surface area contributed by atoms with Gasteiger partial charge in [-0.25, -0.2) is 13.6 Å². The third kappa shape index (κ3) is 4.80. The van der Waals surface area contributed by atoms with Crippen molar-refractivity contribution in [3.63, 3.8) is 0 Å². The van der Waals surface area contributed by atoms with Crippen molar-refractivity contribution < 1.29 is 23.4 Å². The number of benzene rings is 1. The second-order valence-electron chi connectivity index (χ2n) is 4.04. The van der Waals surface area contributed by atoms with Crippen LogP contribution in [0, 0.1) is 11.6 Å². The van der Waals surface area contributed by atoms with Gasteiger partial charge in [0.15, 0.2) is 0 Å². The number of nitrogens with zero attached hydrogens (tertiary/aromatic N) is 1. The molecule has 0 heterocycles. The van der Waals surface area contributed by atoms with Crippen LogP contribution in [0.25, 0.3) is 0 Å². The van der Waals surface area contributed by atoms with Gasteiger partial charge in [0.2, 0.25) is 0 Å². The maximum absolute atomic E-state index is 13.3. The Kier molecular flexibility index (Phi) is 5.65. The Morgan fingerprint density at radius 2 is 2.21 bits per heavy atom. The molecular formula is C12H16F2N2O3. The zero-order chi connectivity index (χ0) is 14.4. The number of hydrogen-bond acceptors (Lipinski definition) is 3. The quantitative estimate of drug-likeness (QED) is 0.854. The van der Waals surface area contributed by atoms with Crippen LogP contribution in [0.5, 0.6) is 0 Å². The van der Waals surface area contributed by atoms with Crippen molar-refractivity contribution in [1.82, 2.24) is 4.90 Å². The normalized spacial score (nSPS) is 12.1. The number of carbonyl (C=O) groups excluding carboxylic acids is 1. The topological polar surface area (TPSA) is 61.8 Å². The van der Waals surface area contributed by atoms with Crippen molar-refractivity contribution in [2.24, 2.45) is 0 Å². The zero-order valence-electron chi connectivity index (χ0n) is 10.7. The van der Waals surface area contributed by atoms with Crippen LogP contribution in [0.1, 0.15) is 0 Å². The van der Waals surface area contributed by atoms with E-state index in [2.05, 4.69) is 5.32 Å². The summed E-state index contributed by atoms with van der Waals surface area (Å²) in [5.74, 6) is -1.58. The first-order chi connectivity index (χ1) is 8.93. The van der Waals surface area contributed by atoms with Gasteiger partial charge >= 0.3 is 6.03 Å². The maximum Gasteiger partial charge on any atom is 0.321 e. The molecule has 5 nitrogen and oxygen atoms in total. The van der Waals surface area contributed by atoms with Crippen LogP contribution in [0.15, 0.2) is 18.2 Å². The Hall–Kier alpha value is -1.73. The molecule has 1 rings (SSSR count). The highest BCUT2D eigenvalue weighted by Gasteiger charge is 2.15. The van der Waals surface area contributed by atoms with E-state index in [-0.39, 0.29) is 18.8 Å². The van der Waals surface area contributed by atoms with Gasteiger partial charge in [0, 0.05) is 20.2 Å². The summed E-state index contributed by atoms with van der Waals surface area (Å²) in [4.78, 5) is 12.9. The van der Waals surface area contributed by atoms with E-state index >= 15 is 0 Å². The van der Waals surface area contributed by atoms with Crippen LogP contribution in [0.3, 0.4) is 0 Å². The van der Waals surface area contributed by atoms with E-state index in [1.165, 1.54) is 19.1 Å². The predicted molar refractivity (Wildman–Crippen MR) is 65.9 cm³/mol. The molecular weight excluding hydrogens is 258 g/mol. The van der Waals surface area contributed by atoms with Crippen LogP contribution >= 0.6 is 0 Å². The molecule has 2 amide bonds. The standard InChI is InChI=1S/C12H16F2N2O3/c1-16(6-9(17)7-19-2)12(18)15-11-4-3-8(13)5-10(11)14/h3-5,9,17H,6-7H2,1-2H3,(H,15,18). The molecule has 1 aromatic rings. The van der Waals surface area contributed by atoms with Crippen molar-refractivity contribution in [2.45, 2.75) is 6.10 Å². The lowest BCUT2D eigenvalue weighted by Crippen LogP contribution is -2.38. The minimum Gasteiger partial charge on any atom is -0.389 e. The van der Waals surface area contributed by atoms with E-state index in [0.29, 0.717) is 6.07 Å². The van der Waals surface area contributed by atoms with Gasteiger partial charge in [-0.05, 0) is 12.1 Å². The molecule has 0 radical (unpaired) electrons. The average Bonchev–Trinajstić information content (AvgIpc) is 2.32. The number of ether oxygens (including phenoxy) is 1. The minimum atomic E-state index is -0.862. The fourth-order valence-electron chi connectivity index (χ4n) is 1.45. The Morgan fingerprint density at radius 3 is 2.79 bits per heavy atom. The first-order valence-corrected chi connectivity index (χ1v) is 5.58. The number of nitrogens with one attached hydrogen (secondary N) is 1. The fourth-order valence-corrected chi connectivity index (χ4v) is 1.45. The van der Waals surface area contributed by atoms with Crippen LogP contribution in [-0.4, -0.2) is 49.5 Å². The molecule has 106 valence electrons. The van der Waals surface area contributed by atoms with Crippen molar-refractivity contribution in [3.8, 4) is 0 Å². The Balaban J connectivity index is 2.58. The number of anilines is 1. The van der Waals surface area contributed by atoms with Crippen LogP contribution in [0.2, 0.25) is 0 Å². The van der Waals surface area contributed by atoms with Crippen molar-refractivity contribution in [3.05, 3.63) is 29.8 Å². The van der Waals surface area contributed by atoms with Crippen LogP contribution in [-0.2, 0) is 4.74 Å². The number of likely N-dealkylation sites (N-methyl/N-ethyl adjacent to an activating group) is 1. The third-order valence-corrected chi connectivity index (χ3v) is 2.36. The number of urea groups is 1. The Bertz CT molecular complexity index is 443. The van der Waals surface area contributed by atoms with Gasteiger partial charge in [-0.2, -0.15) is 0 Å². The zero-order valence-corrected chi connectivity index (χ0v) is 10.7. The highest BCUT2D eigenvalue weighted by Crippen LogP contribution is 2.15. The van der Waals surface area contributed by atoms with Crippen molar-refractivity contribution in [1.29, 1.82) is 0 Å². The summed E-state index contributed by atoms with van der Waals surface area (Å²) in [5.41, 5.74) is -0.125. The molecule has 0 aliphatic heterocycles. The van der Waals surface area contributed by atoms with E-state index in [1.807, 2.05) is 0 Å². The molecule has 2 N–H and O–H groups in total. The first-order valence-electron chi connectivity index (χ1n) is 5.58. The van der Waals surface area contributed by atoms with Gasteiger partial charge in [0.25, 0.3) is 0 Å². The SMILES string of the molecule is COCC(O)CN(C)C(=O)Nc1ccc(F)cc1F. The minimum absolute atomic E-state index is 0.0302. The summed E-state index contributed by atoms with van der Waals surface area (Å²) in [7, 11) is 2.87. The molecule has 0 saturated heterocycles. The second-order valence-corrected chi connectivity index (χ2v) is 4.04. The average molecular weight is 274 g/mol. The summed E-state index contributed by atoms with van der Waals surface area (Å²) in [6.45, 7) is 0.116. The molecule has 7 heteroatoms. The van der Waals surface area contributed by atoms with Gasteiger partial charge in [0.05, 0.1) is 24.9 Å². The monoisotopic (exact) mass is 274 g/mol. The first kappa shape index (κ1) is 15.3. The molecule has 0 aromatic heterocycles. The number of aliphatic hydroxyl groups is 1. The maximum atomic E-state index is 13.3. The highest BCUT2D eigenvalue weighted by atomic mass is 19.1. The van der Waals surface area contributed by atoms with E-state index in [9.17, 15) is 18.7 Å². The molecule has 1 atom stereocenters. The van der Waals surface area contributed by atoms with E-state index in [1.54, 1.807) is 0 Å². The van der Waals surface area contributed by atoms with E-state index < -0.39 is 23.8 Å².